The zero-order valence-electron chi connectivity index (χ0n) is 21.8. The van der Waals surface area contributed by atoms with Crippen LogP contribution in [-0.4, -0.2) is 34.6 Å². The molecule has 1 heterocycles. The number of nitrogens with one attached hydrogen (secondary N) is 2. The molecule has 2 amide bonds. The summed E-state index contributed by atoms with van der Waals surface area (Å²) < 4.78 is 14.2. The Morgan fingerprint density at radius 1 is 1.08 bits per heavy atom. The van der Waals surface area contributed by atoms with Crippen LogP contribution in [0, 0.1) is 17.1 Å². The lowest BCUT2D eigenvalue weighted by Gasteiger charge is -2.28. The van der Waals surface area contributed by atoms with Gasteiger partial charge in [0.15, 0.2) is 5.96 Å². The third-order valence-electron chi connectivity index (χ3n) is 6.82. The van der Waals surface area contributed by atoms with E-state index < -0.39 is 11.4 Å². The maximum Gasteiger partial charge on any atom is 0.260 e. The Labute approximate surface area is 227 Å². The Kier molecular flexibility index (Phi) is 8.17. The number of benzene rings is 3. The largest absolute Gasteiger partial charge is 0.338 e. The molecule has 1 unspecified atom stereocenters. The summed E-state index contributed by atoms with van der Waals surface area (Å²) in [7, 11) is 1.73. The molecule has 0 spiro atoms. The van der Waals surface area contributed by atoms with Gasteiger partial charge in [-0.05, 0) is 71.8 Å². The van der Waals surface area contributed by atoms with Crippen molar-refractivity contribution in [3.05, 3.63) is 106 Å². The molecular formula is C30H32ClFN4O2. The Bertz CT molecular complexity index is 1340. The molecule has 0 bridgehead atoms. The minimum Gasteiger partial charge on any atom is -0.338 e. The number of hydrogen-bond acceptors (Lipinski definition) is 3. The molecule has 4 rings (SSSR count). The van der Waals surface area contributed by atoms with E-state index in [1.54, 1.807) is 54.4 Å². The van der Waals surface area contributed by atoms with Crippen LogP contribution >= 0.6 is 11.6 Å². The average molecular weight is 535 g/mol. The minimum absolute atomic E-state index is 0.0420. The summed E-state index contributed by atoms with van der Waals surface area (Å²) in [5.74, 6) is -0.607. The van der Waals surface area contributed by atoms with Crippen LogP contribution in [0.15, 0.2) is 72.8 Å². The molecule has 6 nitrogen and oxygen atoms in total. The maximum absolute atomic E-state index is 14.2. The summed E-state index contributed by atoms with van der Waals surface area (Å²) in [6.07, 6.45) is 1.15. The van der Waals surface area contributed by atoms with Gasteiger partial charge in [0.1, 0.15) is 11.4 Å². The summed E-state index contributed by atoms with van der Waals surface area (Å²) in [5, 5.41) is 12.3. The van der Waals surface area contributed by atoms with Crippen molar-refractivity contribution in [3.63, 3.8) is 0 Å². The second-order valence-corrected chi connectivity index (χ2v) is 10.6. The van der Waals surface area contributed by atoms with Crippen LogP contribution in [0.5, 0.6) is 0 Å². The van der Waals surface area contributed by atoms with Gasteiger partial charge in [0.25, 0.3) is 11.8 Å². The molecule has 1 fully saturated rings. The molecule has 3 aromatic carbocycles. The number of guanidine groups is 1. The first-order chi connectivity index (χ1) is 18.1. The fourth-order valence-corrected chi connectivity index (χ4v) is 4.84. The van der Waals surface area contributed by atoms with Crippen LogP contribution in [0.4, 0.5) is 4.39 Å². The van der Waals surface area contributed by atoms with E-state index in [1.165, 1.54) is 17.0 Å². The summed E-state index contributed by atoms with van der Waals surface area (Å²) in [4.78, 5) is 30.0. The highest BCUT2D eigenvalue weighted by Gasteiger charge is 2.50. The van der Waals surface area contributed by atoms with Crippen molar-refractivity contribution < 1.29 is 14.0 Å². The molecule has 0 saturated carbocycles. The van der Waals surface area contributed by atoms with E-state index in [4.69, 9.17) is 17.0 Å². The number of rotatable bonds is 9. The van der Waals surface area contributed by atoms with Crippen LogP contribution in [0.25, 0.3) is 0 Å². The van der Waals surface area contributed by atoms with E-state index in [0.29, 0.717) is 35.0 Å². The van der Waals surface area contributed by atoms with E-state index >= 15 is 0 Å². The van der Waals surface area contributed by atoms with Gasteiger partial charge in [0.2, 0.25) is 0 Å². The molecule has 1 saturated heterocycles. The predicted molar refractivity (Wildman–Crippen MR) is 147 cm³/mol. The van der Waals surface area contributed by atoms with Crippen molar-refractivity contribution in [2.75, 3.05) is 7.05 Å². The van der Waals surface area contributed by atoms with Gasteiger partial charge in [-0.1, -0.05) is 61.8 Å². The highest BCUT2D eigenvalue weighted by molar-refractivity contribution is 6.30. The van der Waals surface area contributed by atoms with E-state index in [2.05, 4.69) is 19.2 Å². The summed E-state index contributed by atoms with van der Waals surface area (Å²) in [6, 6.07) is 20.4. The number of amides is 2. The van der Waals surface area contributed by atoms with Crippen LogP contribution in [0.3, 0.4) is 0 Å². The zero-order chi connectivity index (χ0) is 27.4. The van der Waals surface area contributed by atoms with E-state index in [1.807, 2.05) is 18.2 Å². The maximum atomic E-state index is 14.2. The second kappa shape index (κ2) is 11.4. The highest BCUT2D eigenvalue weighted by atomic mass is 35.5. The molecule has 0 aliphatic carbocycles. The van der Waals surface area contributed by atoms with Crippen LogP contribution in [0.1, 0.15) is 53.7 Å². The van der Waals surface area contributed by atoms with Gasteiger partial charge in [-0.2, -0.15) is 0 Å². The smallest absolute Gasteiger partial charge is 0.260 e. The van der Waals surface area contributed by atoms with Crippen molar-refractivity contribution in [2.45, 2.75) is 45.3 Å². The SMILES string of the molecule is CC(C)CCC1(c2cccc(F)c2)NC(=N)N(Cc2cccc(C(=O)N(C)Cc3ccc(Cl)cc3)c2)C1=O. The first kappa shape index (κ1) is 27.3. The highest BCUT2D eigenvalue weighted by Crippen LogP contribution is 2.35. The lowest BCUT2D eigenvalue weighted by atomic mass is 9.83. The normalized spacial score (nSPS) is 17.2. The first-order valence-corrected chi connectivity index (χ1v) is 13.0. The molecule has 38 heavy (non-hydrogen) atoms. The molecule has 3 aromatic rings. The monoisotopic (exact) mass is 534 g/mol. The van der Waals surface area contributed by atoms with Gasteiger partial charge in [-0.15, -0.1) is 0 Å². The zero-order valence-corrected chi connectivity index (χ0v) is 22.6. The van der Waals surface area contributed by atoms with Gasteiger partial charge >= 0.3 is 0 Å². The molecule has 1 aliphatic rings. The molecule has 8 heteroatoms. The van der Waals surface area contributed by atoms with Gasteiger partial charge in [0.05, 0.1) is 6.54 Å². The fourth-order valence-electron chi connectivity index (χ4n) is 4.72. The standard InChI is InChI=1S/C30H32ClFN4O2/c1-20(2)14-15-30(24-8-5-9-26(32)17-24)28(38)36(29(33)34-30)19-22-6-4-7-23(16-22)27(37)35(3)18-21-10-12-25(31)13-11-21/h4-13,16-17,20H,14-15,18-19H2,1-3H3,(H2,33,34). The number of hydrogen-bond donors (Lipinski definition) is 2. The predicted octanol–water partition coefficient (Wildman–Crippen LogP) is 5.95. The van der Waals surface area contributed by atoms with E-state index in [0.717, 1.165) is 17.5 Å². The molecule has 1 aliphatic heterocycles. The Hall–Kier alpha value is -3.71. The summed E-state index contributed by atoms with van der Waals surface area (Å²) in [5.41, 5.74) is 1.45. The van der Waals surface area contributed by atoms with Gasteiger partial charge in [-0.3, -0.25) is 19.9 Å². The fraction of sp³-hybridized carbons (Fsp3) is 0.300. The van der Waals surface area contributed by atoms with Crippen molar-refractivity contribution in [2.24, 2.45) is 5.92 Å². The third kappa shape index (κ3) is 5.89. The number of carbonyl (C=O) groups is 2. The lowest BCUT2D eigenvalue weighted by Crippen LogP contribution is -2.44. The Balaban J connectivity index is 1.54. The second-order valence-electron chi connectivity index (χ2n) is 10.2. The summed E-state index contributed by atoms with van der Waals surface area (Å²) in [6.45, 7) is 4.67. The van der Waals surface area contributed by atoms with Gasteiger partial charge in [0, 0.05) is 24.2 Å². The number of carbonyl (C=O) groups excluding carboxylic acids is 2. The lowest BCUT2D eigenvalue weighted by molar-refractivity contribution is -0.132. The number of nitrogens with zero attached hydrogens (tertiary/aromatic N) is 2. The molecule has 2 N–H and O–H groups in total. The summed E-state index contributed by atoms with van der Waals surface area (Å²) >= 11 is 5.96. The molecule has 198 valence electrons. The number of halogens is 2. The topological polar surface area (TPSA) is 76.5 Å². The van der Waals surface area contributed by atoms with E-state index in [9.17, 15) is 14.0 Å². The molecule has 1 atom stereocenters. The van der Waals surface area contributed by atoms with Crippen molar-refractivity contribution in [3.8, 4) is 0 Å². The third-order valence-corrected chi connectivity index (χ3v) is 7.07. The van der Waals surface area contributed by atoms with Gasteiger partial charge < -0.3 is 10.2 Å². The molecular weight excluding hydrogens is 503 g/mol. The van der Waals surface area contributed by atoms with Crippen LogP contribution < -0.4 is 5.32 Å². The molecule has 0 aromatic heterocycles. The van der Waals surface area contributed by atoms with Crippen molar-refractivity contribution >= 4 is 29.4 Å². The van der Waals surface area contributed by atoms with Crippen LogP contribution in [0.2, 0.25) is 5.02 Å². The first-order valence-electron chi connectivity index (χ1n) is 12.6. The average Bonchev–Trinajstić information content (AvgIpc) is 3.13. The Morgan fingerprint density at radius 3 is 2.47 bits per heavy atom. The minimum atomic E-state index is -1.21. The van der Waals surface area contributed by atoms with Crippen molar-refractivity contribution in [1.82, 2.24) is 15.1 Å². The van der Waals surface area contributed by atoms with E-state index in [-0.39, 0.29) is 24.3 Å². The van der Waals surface area contributed by atoms with Crippen LogP contribution in [-0.2, 0) is 23.4 Å². The van der Waals surface area contributed by atoms with Gasteiger partial charge in [-0.25, -0.2) is 4.39 Å². The molecule has 0 radical (unpaired) electrons. The Morgan fingerprint density at radius 2 is 1.79 bits per heavy atom. The van der Waals surface area contributed by atoms with Crippen molar-refractivity contribution in [1.29, 1.82) is 5.41 Å². The quantitative estimate of drug-likeness (QED) is 0.356.